The Kier molecular flexibility index (Phi) is 11.8. The summed E-state index contributed by atoms with van der Waals surface area (Å²) in [7, 11) is 3.39. The number of hydrogen-bond donors (Lipinski definition) is 3. The van der Waals surface area contributed by atoms with Crippen LogP contribution < -0.4 is 20.7 Å². The molecule has 1 amide bonds. The molecule has 0 spiro atoms. The van der Waals surface area contributed by atoms with Gasteiger partial charge in [0.25, 0.3) is 0 Å². The predicted octanol–water partition coefficient (Wildman–Crippen LogP) is 3.70. The lowest BCUT2D eigenvalue weighted by molar-refractivity contribution is -0.116. The van der Waals surface area contributed by atoms with Crippen molar-refractivity contribution < 1.29 is 9.53 Å². The number of aromatic nitrogens is 1. The van der Waals surface area contributed by atoms with Gasteiger partial charge in [0, 0.05) is 32.8 Å². The smallest absolute Gasteiger partial charge is 0.227 e. The normalized spacial score (nSPS) is 11.8. The molecule has 0 aliphatic heterocycles. The van der Waals surface area contributed by atoms with Gasteiger partial charge in [-0.15, -0.1) is 24.0 Å². The minimum absolute atomic E-state index is 0. The predicted molar refractivity (Wildman–Crippen MR) is 133 cm³/mol. The minimum Gasteiger partial charge on any atom is -0.497 e. The number of aryl methyl sites for hydroxylation is 1. The molecule has 0 aliphatic carbocycles. The second kappa shape index (κ2) is 13.8. The van der Waals surface area contributed by atoms with E-state index >= 15 is 0 Å². The van der Waals surface area contributed by atoms with Gasteiger partial charge in [-0.05, 0) is 48.6 Å². The third kappa shape index (κ3) is 8.98. The highest BCUT2D eigenvalue weighted by Crippen LogP contribution is 2.21. The summed E-state index contributed by atoms with van der Waals surface area (Å²) in [5.74, 6) is 2.45. The number of amides is 1. The van der Waals surface area contributed by atoms with Crippen LogP contribution >= 0.6 is 24.0 Å². The summed E-state index contributed by atoms with van der Waals surface area (Å²) in [4.78, 5) is 20.4. The topological polar surface area (TPSA) is 87.6 Å². The molecular formula is C22H32IN5O2. The number of pyridine rings is 1. The molecule has 2 rings (SSSR count). The van der Waals surface area contributed by atoms with Gasteiger partial charge in [-0.3, -0.25) is 9.79 Å². The van der Waals surface area contributed by atoms with E-state index in [1.165, 1.54) is 5.56 Å². The van der Waals surface area contributed by atoms with Crippen LogP contribution in [0.25, 0.3) is 0 Å². The standard InChI is InChI=1S/C22H31N5O2.HI/c1-16-5-10-20(26-15-16)27-21(28)12-14-25-22(23-3)24-13-11-17(2)18-6-8-19(29-4)9-7-18;/h5-10,15,17H,11-14H2,1-4H3,(H2,23,24,25)(H,26,27,28);1H. The van der Waals surface area contributed by atoms with E-state index in [2.05, 4.69) is 45.0 Å². The van der Waals surface area contributed by atoms with Crippen LogP contribution in [0.1, 0.15) is 36.8 Å². The zero-order valence-electron chi connectivity index (χ0n) is 18.1. The highest BCUT2D eigenvalue weighted by atomic mass is 127. The van der Waals surface area contributed by atoms with Crippen molar-refractivity contribution in [2.45, 2.75) is 32.6 Å². The molecule has 1 atom stereocenters. The van der Waals surface area contributed by atoms with E-state index < -0.39 is 0 Å². The number of hydrogen-bond acceptors (Lipinski definition) is 4. The van der Waals surface area contributed by atoms with Crippen molar-refractivity contribution in [1.82, 2.24) is 15.6 Å². The van der Waals surface area contributed by atoms with Crippen molar-refractivity contribution in [3.63, 3.8) is 0 Å². The van der Waals surface area contributed by atoms with Crippen LogP contribution in [-0.4, -0.2) is 44.1 Å². The molecule has 0 aliphatic rings. The van der Waals surface area contributed by atoms with Crippen LogP contribution in [0.2, 0.25) is 0 Å². The maximum Gasteiger partial charge on any atom is 0.227 e. The number of methoxy groups -OCH3 is 1. The third-order valence-corrected chi connectivity index (χ3v) is 4.60. The van der Waals surface area contributed by atoms with Crippen molar-refractivity contribution in [2.75, 3.05) is 32.6 Å². The number of carbonyl (C=O) groups excluding carboxylic acids is 1. The SMILES string of the molecule is CN=C(NCCC(=O)Nc1ccc(C)cn1)NCCC(C)c1ccc(OC)cc1.I. The van der Waals surface area contributed by atoms with Crippen LogP contribution in [0.4, 0.5) is 5.82 Å². The first kappa shape index (κ1) is 25.7. The third-order valence-electron chi connectivity index (χ3n) is 4.60. The maximum atomic E-state index is 12.0. The Hall–Kier alpha value is -2.36. The number of anilines is 1. The lowest BCUT2D eigenvalue weighted by atomic mass is 9.98. The monoisotopic (exact) mass is 525 g/mol. The second-order valence-electron chi connectivity index (χ2n) is 6.91. The van der Waals surface area contributed by atoms with E-state index in [0.29, 0.717) is 30.7 Å². The van der Waals surface area contributed by atoms with Gasteiger partial charge >= 0.3 is 0 Å². The molecule has 2 aromatic rings. The van der Waals surface area contributed by atoms with Crippen molar-refractivity contribution in [3.05, 3.63) is 53.7 Å². The quantitative estimate of drug-likeness (QED) is 0.264. The molecule has 0 saturated carbocycles. The molecule has 1 unspecified atom stereocenters. The molecule has 8 heteroatoms. The molecule has 1 heterocycles. The number of nitrogens with one attached hydrogen (secondary N) is 3. The largest absolute Gasteiger partial charge is 0.497 e. The highest BCUT2D eigenvalue weighted by Gasteiger charge is 2.07. The van der Waals surface area contributed by atoms with Crippen molar-refractivity contribution >= 4 is 41.7 Å². The summed E-state index contributed by atoms with van der Waals surface area (Å²) < 4.78 is 5.20. The van der Waals surface area contributed by atoms with Crippen LogP contribution in [0.5, 0.6) is 5.75 Å². The van der Waals surface area contributed by atoms with Crippen molar-refractivity contribution in [1.29, 1.82) is 0 Å². The molecule has 0 radical (unpaired) electrons. The number of aliphatic imine (C=N–C) groups is 1. The van der Waals surface area contributed by atoms with Gasteiger partial charge in [-0.2, -0.15) is 0 Å². The fourth-order valence-electron chi connectivity index (χ4n) is 2.77. The first-order chi connectivity index (χ1) is 14.0. The molecule has 0 saturated heterocycles. The average molecular weight is 525 g/mol. The van der Waals surface area contributed by atoms with Crippen LogP contribution in [-0.2, 0) is 4.79 Å². The fourth-order valence-corrected chi connectivity index (χ4v) is 2.77. The van der Waals surface area contributed by atoms with Crippen molar-refractivity contribution in [2.24, 2.45) is 4.99 Å². The first-order valence-corrected chi connectivity index (χ1v) is 9.82. The lowest BCUT2D eigenvalue weighted by Crippen LogP contribution is -2.39. The van der Waals surface area contributed by atoms with Gasteiger partial charge in [0.2, 0.25) is 5.91 Å². The van der Waals surface area contributed by atoms with E-state index in [1.54, 1.807) is 26.4 Å². The zero-order chi connectivity index (χ0) is 21.1. The van der Waals surface area contributed by atoms with Gasteiger partial charge < -0.3 is 20.7 Å². The summed E-state index contributed by atoms with van der Waals surface area (Å²) in [6.45, 7) is 5.43. The highest BCUT2D eigenvalue weighted by molar-refractivity contribution is 14.0. The Morgan fingerprint density at radius 1 is 1.13 bits per heavy atom. The van der Waals surface area contributed by atoms with E-state index in [-0.39, 0.29) is 29.9 Å². The van der Waals surface area contributed by atoms with Crippen LogP contribution in [0.3, 0.4) is 0 Å². The fraction of sp³-hybridized carbons (Fsp3) is 0.409. The number of rotatable bonds is 9. The Morgan fingerprint density at radius 3 is 2.43 bits per heavy atom. The van der Waals surface area contributed by atoms with Crippen molar-refractivity contribution in [3.8, 4) is 5.75 Å². The average Bonchev–Trinajstić information content (AvgIpc) is 2.74. The van der Waals surface area contributed by atoms with Gasteiger partial charge in [-0.25, -0.2) is 4.98 Å². The number of halogens is 1. The maximum absolute atomic E-state index is 12.0. The number of carbonyl (C=O) groups is 1. The van der Waals surface area contributed by atoms with Gasteiger partial charge in [0.15, 0.2) is 5.96 Å². The van der Waals surface area contributed by atoms with E-state index in [0.717, 1.165) is 24.3 Å². The van der Waals surface area contributed by atoms with Gasteiger partial charge in [0.05, 0.1) is 7.11 Å². The molecule has 0 fully saturated rings. The lowest BCUT2D eigenvalue weighted by Gasteiger charge is -2.15. The Bertz CT molecular complexity index is 794. The van der Waals surface area contributed by atoms with Crippen LogP contribution in [0.15, 0.2) is 47.6 Å². The summed E-state index contributed by atoms with van der Waals surface area (Å²) in [5, 5.41) is 9.24. The molecule has 3 N–H and O–H groups in total. The molecular weight excluding hydrogens is 493 g/mol. The number of guanidine groups is 1. The molecule has 1 aromatic carbocycles. The minimum atomic E-state index is -0.0857. The summed E-state index contributed by atoms with van der Waals surface area (Å²) in [6.07, 6.45) is 3.03. The summed E-state index contributed by atoms with van der Waals surface area (Å²) in [5.41, 5.74) is 2.33. The molecule has 0 bridgehead atoms. The number of ether oxygens (including phenoxy) is 1. The van der Waals surface area contributed by atoms with E-state index in [9.17, 15) is 4.79 Å². The van der Waals surface area contributed by atoms with Gasteiger partial charge in [-0.1, -0.05) is 25.1 Å². The Labute approximate surface area is 196 Å². The van der Waals surface area contributed by atoms with E-state index in [4.69, 9.17) is 4.74 Å². The first-order valence-electron chi connectivity index (χ1n) is 9.82. The Balaban J connectivity index is 0.00000450. The molecule has 30 heavy (non-hydrogen) atoms. The van der Waals surface area contributed by atoms with E-state index in [1.807, 2.05) is 25.1 Å². The Morgan fingerprint density at radius 2 is 1.83 bits per heavy atom. The molecule has 1 aromatic heterocycles. The molecule has 164 valence electrons. The van der Waals surface area contributed by atoms with Gasteiger partial charge in [0.1, 0.15) is 11.6 Å². The summed E-state index contributed by atoms with van der Waals surface area (Å²) in [6, 6.07) is 11.9. The number of benzene rings is 1. The zero-order valence-corrected chi connectivity index (χ0v) is 20.4. The number of nitrogens with zero attached hydrogens (tertiary/aromatic N) is 2. The van der Waals surface area contributed by atoms with Crippen LogP contribution in [0, 0.1) is 6.92 Å². The molecule has 7 nitrogen and oxygen atoms in total. The second-order valence-corrected chi connectivity index (χ2v) is 6.91. The summed E-state index contributed by atoms with van der Waals surface area (Å²) >= 11 is 0.